The molecule has 0 atom stereocenters. The van der Waals surface area contributed by atoms with Crippen LogP contribution in [0.5, 0.6) is 11.5 Å². The van der Waals surface area contributed by atoms with Crippen LogP contribution in [0.2, 0.25) is 0 Å². The predicted octanol–water partition coefficient (Wildman–Crippen LogP) is 2.17. The van der Waals surface area contributed by atoms with Crippen molar-refractivity contribution >= 4 is 15.9 Å². The van der Waals surface area contributed by atoms with Crippen molar-refractivity contribution in [2.45, 2.75) is 6.92 Å². The Morgan fingerprint density at radius 3 is 2.33 bits per heavy atom. The molecule has 0 N–H and O–H groups in total. The Morgan fingerprint density at radius 2 is 1.83 bits per heavy atom. The summed E-state index contributed by atoms with van der Waals surface area (Å²) in [5, 5.41) is 0. The Bertz CT molecular complexity index is 263. The molecule has 1 aromatic heterocycles. The molecule has 12 heavy (non-hydrogen) atoms. The first-order valence-corrected chi connectivity index (χ1v) is 4.23. The Kier molecular flexibility index (Phi) is 2.92. The lowest BCUT2D eigenvalue weighted by Gasteiger charge is -2.07. The van der Waals surface area contributed by atoms with E-state index in [0.717, 1.165) is 11.4 Å². The zero-order valence-electron chi connectivity index (χ0n) is 7.22. The zero-order valence-corrected chi connectivity index (χ0v) is 8.81. The summed E-state index contributed by atoms with van der Waals surface area (Å²) in [4.78, 5) is 4.18. The highest BCUT2D eigenvalue weighted by atomic mass is 79.9. The van der Waals surface area contributed by atoms with Gasteiger partial charge < -0.3 is 9.47 Å². The van der Waals surface area contributed by atoms with E-state index < -0.39 is 0 Å². The summed E-state index contributed by atoms with van der Waals surface area (Å²) in [6.45, 7) is 1.88. The molecular weight excluding hydrogens is 222 g/mol. The number of aryl methyl sites for hydroxylation is 1. The van der Waals surface area contributed by atoms with Crippen LogP contribution in [0, 0.1) is 6.92 Å². The first-order chi connectivity index (χ1) is 5.69. The predicted molar refractivity (Wildman–Crippen MR) is 49.8 cm³/mol. The van der Waals surface area contributed by atoms with Gasteiger partial charge in [0.05, 0.1) is 19.9 Å². The second-order valence-corrected chi connectivity index (χ2v) is 3.02. The highest BCUT2D eigenvalue weighted by Crippen LogP contribution is 2.28. The summed E-state index contributed by atoms with van der Waals surface area (Å²) < 4.78 is 10.8. The van der Waals surface area contributed by atoms with Crippen LogP contribution in [0.15, 0.2) is 10.7 Å². The van der Waals surface area contributed by atoms with Gasteiger partial charge in [-0.15, -0.1) is 0 Å². The van der Waals surface area contributed by atoms with E-state index in [4.69, 9.17) is 9.47 Å². The Hall–Kier alpha value is -0.770. The largest absolute Gasteiger partial charge is 0.495 e. The fraction of sp³-hybridized carbons (Fsp3) is 0.375. The molecule has 0 radical (unpaired) electrons. The van der Waals surface area contributed by atoms with Gasteiger partial charge in [0.15, 0.2) is 5.75 Å². The number of hydrogen-bond donors (Lipinski definition) is 0. The maximum Gasteiger partial charge on any atom is 0.155 e. The lowest BCUT2D eigenvalue weighted by molar-refractivity contribution is 0.386. The van der Waals surface area contributed by atoms with Crippen LogP contribution in [0.3, 0.4) is 0 Å². The number of aromatic nitrogens is 1. The minimum absolute atomic E-state index is 0.678. The number of nitrogens with zero attached hydrogens (tertiary/aromatic N) is 1. The maximum absolute atomic E-state index is 5.08. The van der Waals surface area contributed by atoms with Crippen LogP contribution < -0.4 is 9.47 Å². The third kappa shape index (κ3) is 1.69. The van der Waals surface area contributed by atoms with Crippen molar-refractivity contribution in [2.75, 3.05) is 14.2 Å². The van der Waals surface area contributed by atoms with Gasteiger partial charge >= 0.3 is 0 Å². The van der Waals surface area contributed by atoms with Crippen molar-refractivity contribution in [3.63, 3.8) is 0 Å². The molecule has 0 bridgehead atoms. The monoisotopic (exact) mass is 231 g/mol. The third-order valence-corrected chi connectivity index (χ3v) is 2.10. The minimum atomic E-state index is 0.678. The molecule has 66 valence electrons. The van der Waals surface area contributed by atoms with Crippen LogP contribution in [-0.2, 0) is 0 Å². The lowest BCUT2D eigenvalue weighted by atomic mass is 10.3. The number of rotatable bonds is 2. The molecule has 0 aliphatic rings. The Labute approximate surface area is 79.8 Å². The molecule has 1 rings (SSSR count). The van der Waals surface area contributed by atoms with Crippen molar-refractivity contribution in [1.82, 2.24) is 4.98 Å². The van der Waals surface area contributed by atoms with Gasteiger partial charge in [-0.05, 0) is 22.9 Å². The quantitative estimate of drug-likeness (QED) is 0.732. The molecule has 0 saturated carbocycles. The molecule has 0 spiro atoms. The first kappa shape index (κ1) is 9.32. The van der Waals surface area contributed by atoms with Crippen LogP contribution in [0.4, 0.5) is 0 Å². The average molecular weight is 232 g/mol. The molecule has 0 amide bonds. The third-order valence-electron chi connectivity index (χ3n) is 1.53. The van der Waals surface area contributed by atoms with E-state index in [1.807, 2.05) is 6.92 Å². The topological polar surface area (TPSA) is 31.4 Å². The number of pyridine rings is 1. The van der Waals surface area contributed by atoms with Gasteiger partial charge in [-0.2, -0.15) is 0 Å². The lowest BCUT2D eigenvalue weighted by Crippen LogP contribution is -1.94. The summed E-state index contributed by atoms with van der Waals surface area (Å²) in [6, 6.07) is 1.80. The molecule has 1 aromatic rings. The van der Waals surface area contributed by atoms with Crippen LogP contribution in [0.25, 0.3) is 0 Å². The van der Waals surface area contributed by atoms with E-state index in [1.54, 1.807) is 20.3 Å². The smallest absolute Gasteiger partial charge is 0.155 e. The SMILES string of the molecule is COc1cc(OC)c(Br)nc1C. The Balaban J connectivity index is 3.18. The molecule has 0 aromatic carbocycles. The van der Waals surface area contributed by atoms with E-state index in [9.17, 15) is 0 Å². The molecule has 0 unspecified atom stereocenters. The molecule has 4 heteroatoms. The minimum Gasteiger partial charge on any atom is -0.495 e. The summed E-state index contributed by atoms with van der Waals surface area (Å²) in [7, 11) is 3.20. The summed E-state index contributed by atoms with van der Waals surface area (Å²) in [5.74, 6) is 1.41. The van der Waals surface area contributed by atoms with Crippen molar-refractivity contribution in [2.24, 2.45) is 0 Å². The van der Waals surface area contributed by atoms with Crippen molar-refractivity contribution in [1.29, 1.82) is 0 Å². The van der Waals surface area contributed by atoms with Crippen LogP contribution >= 0.6 is 15.9 Å². The van der Waals surface area contributed by atoms with E-state index in [-0.39, 0.29) is 0 Å². The second-order valence-electron chi connectivity index (χ2n) is 2.27. The Morgan fingerprint density at radius 1 is 1.25 bits per heavy atom. The van der Waals surface area contributed by atoms with Crippen molar-refractivity contribution in [3.05, 3.63) is 16.4 Å². The number of methoxy groups -OCH3 is 2. The molecule has 0 saturated heterocycles. The number of ether oxygens (including phenoxy) is 2. The van der Waals surface area contributed by atoms with Crippen LogP contribution in [-0.4, -0.2) is 19.2 Å². The van der Waals surface area contributed by atoms with E-state index in [2.05, 4.69) is 20.9 Å². The van der Waals surface area contributed by atoms with Crippen molar-refractivity contribution in [3.8, 4) is 11.5 Å². The molecule has 0 fully saturated rings. The summed E-state index contributed by atoms with van der Waals surface area (Å²) >= 11 is 3.28. The van der Waals surface area contributed by atoms with Gasteiger partial charge in [0, 0.05) is 6.07 Å². The van der Waals surface area contributed by atoms with E-state index >= 15 is 0 Å². The van der Waals surface area contributed by atoms with Crippen LogP contribution in [0.1, 0.15) is 5.69 Å². The molecule has 0 aliphatic carbocycles. The van der Waals surface area contributed by atoms with Gasteiger partial charge in [-0.25, -0.2) is 4.98 Å². The van der Waals surface area contributed by atoms with Gasteiger partial charge in [-0.1, -0.05) is 0 Å². The maximum atomic E-state index is 5.08. The van der Waals surface area contributed by atoms with E-state index in [1.165, 1.54) is 0 Å². The summed E-state index contributed by atoms with van der Waals surface area (Å²) in [5.41, 5.74) is 0.838. The highest BCUT2D eigenvalue weighted by Gasteiger charge is 2.06. The average Bonchev–Trinajstić information content (AvgIpc) is 2.05. The number of halogens is 1. The number of hydrogen-bond acceptors (Lipinski definition) is 3. The van der Waals surface area contributed by atoms with Gasteiger partial charge in [0.2, 0.25) is 0 Å². The van der Waals surface area contributed by atoms with Gasteiger partial charge in [0.25, 0.3) is 0 Å². The first-order valence-electron chi connectivity index (χ1n) is 3.44. The zero-order chi connectivity index (χ0) is 9.14. The normalized spacial score (nSPS) is 9.67. The summed E-state index contributed by atoms with van der Waals surface area (Å²) in [6.07, 6.45) is 0. The standard InChI is InChI=1S/C8H10BrNO2/c1-5-6(11-2)4-7(12-3)8(9)10-5/h4H,1-3H3. The van der Waals surface area contributed by atoms with Crippen molar-refractivity contribution < 1.29 is 9.47 Å². The molecule has 0 aliphatic heterocycles. The van der Waals surface area contributed by atoms with E-state index in [0.29, 0.717) is 10.4 Å². The molecular formula is C8H10BrNO2. The highest BCUT2D eigenvalue weighted by molar-refractivity contribution is 9.10. The van der Waals surface area contributed by atoms with Gasteiger partial charge in [0.1, 0.15) is 10.4 Å². The fourth-order valence-corrected chi connectivity index (χ4v) is 1.43. The molecule has 1 heterocycles. The van der Waals surface area contributed by atoms with Gasteiger partial charge in [-0.3, -0.25) is 0 Å². The fourth-order valence-electron chi connectivity index (χ4n) is 0.890. The second kappa shape index (κ2) is 3.76. The molecule has 3 nitrogen and oxygen atoms in total.